The quantitative estimate of drug-likeness (QED) is 0.599. The SMILES string of the molecule is COc1ccc(-c2noc(CNC(=O)[C@@H](C)Oc3cccc(Cl)c3)n2)cc1OC. The Labute approximate surface area is 172 Å². The van der Waals surface area contributed by atoms with Crippen LogP contribution in [0.15, 0.2) is 47.0 Å². The number of nitrogens with one attached hydrogen (secondary N) is 1. The van der Waals surface area contributed by atoms with Gasteiger partial charge >= 0.3 is 0 Å². The molecule has 8 nitrogen and oxygen atoms in total. The molecule has 0 fully saturated rings. The predicted octanol–water partition coefficient (Wildman–Crippen LogP) is 3.49. The van der Waals surface area contributed by atoms with Gasteiger partial charge in [0.05, 0.1) is 20.8 Å². The first-order valence-corrected chi connectivity index (χ1v) is 9.13. The molecule has 0 saturated heterocycles. The van der Waals surface area contributed by atoms with Crippen LogP contribution >= 0.6 is 11.6 Å². The van der Waals surface area contributed by atoms with Crippen LogP contribution < -0.4 is 19.5 Å². The van der Waals surface area contributed by atoms with Crippen LogP contribution in [0.2, 0.25) is 5.02 Å². The Morgan fingerprint density at radius 1 is 1.17 bits per heavy atom. The van der Waals surface area contributed by atoms with Crippen LogP contribution in [0.5, 0.6) is 17.2 Å². The number of carbonyl (C=O) groups excluding carboxylic acids is 1. The zero-order valence-corrected chi connectivity index (χ0v) is 16.9. The zero-order chi connectivity index (χ0) is 20.8. The van der Waals surface area contributed by atoms with Gasteiger partial charge in [-0.25, -0.2) is 0 Å². The molecule has 0 saturated carbocycles. The van der Waals surface area contributed by atoms with Gasteiger partial charge in [0.1, 0.15) is 5.75 Å². The molecule has 1 aromatic heterocycles. The molecule has 9 heteroatoms. The summed E-state index contributed by atoms with van der Waals surface area (Å²) in [4.78, 5) is 16.5. The summed E-state index contributed by atoms with van der Waals surface area (Å²) in [5, 5.41) is 7.17. The fraction of sp³-hybridized carbons (Fsp3) is 0.250. The zero-order valence-electron chi connectivity index (χ0n) is 16.1. The first-order valence-electron chi connectivity index (χ1n) is 8.75. The average Bonchev–Trinajstić information content (AvgIpc) is 3.20. The van der Waals surface area contributed by atoms with Crippen LogP contribution in [-0.2, 0) is 11.3 Å². The van der Waals surface area contributed by atoms with E-state index < -0.39 is 6.10 Å². The summed E-state index contributed by atoms with van der Waals surface area (Å²) in [5.41, 5.74) is 0.696. The number of hydrogen-bond acceptors (Lipinski definition) is 7. The molecule has 0 aliphatic carbocycles. The molecule has 3 aromatic rings. The molecule has 29 heavy (non-hydrogen) atoms. The Hall–Kier alpha value is -3.26. The molecule has 2 aromatic carbocycles. The Bertz CT molecular complexity index is 992. The normalized spacial score (nSPS) is 11.6. The highest BCUT2D eigenvalue weighted by Gasteiger charge is 2.17. The molecular formula is C20H20ClN3O5. The van der Waals surface area contributed by atoms with Crippen molar-refractivity contribution in [1.82, 2.24) is 15.5 Å². The van der Waals surface area contributed by atoms with Gasteiger partial charge in [0, 0.05) is 10.6 Å². The summed E-state index contributed by atoms with van der Waals surface area (Å²) in [6.45, 7) is 1.71. The fourth-order valence-electron chi connectivity index (χ4n) is 2.52. The van der Waals surface area contributed by atoms with Gasteiger partial charge in [0.25, 0.3) is 5.91 Å². The van der Waals surface area contributed by atoms with E-state index >= 15 is 0 Å². The number of halogens is 1. The minimum atomic E-state index is -0.721. The summed E-state index contributed by atoms with van der Waals surface area (Å²) >= 11 is 5.91. The number of benzene rings is 2. The molecule has 0 bridgehead atoms. The van der Waals surface area contributed by atoms with E-state index in [4.69, 9.17) is 30.3 Å². The standard InChI is InChI=1S/C20H20ClN3O5/c1-12(28-15-6-4-5-14(21)10-15)20(25)22-11-18-23-19(24-29-18)13-7-8-16(26-2)17(9-13)27-3/h4-10,12H,11H2,1-3H3,(H,22,25)/t12-/m1/s1. The number of carbonyl (C=O) groups is 1. The highest BCUT2D eigenvalue weighted by Crippen LogP contribution is 2.31. The molecule has 3 rings (SSSR count). The number of amides is 1. The van der Waals surface area contributed by atoms with Crippen LogP contribution in [0.1, 0.15) is 12.8 Å². The molecule has 1 atom stereocenters. The lowest BCUT2D eigenvalue weighted by Crippen LogP contribution is -2.35. The molecule has 1 amide bonds. The second kappa shape index (κ2) is 9.29. The number of aromatic nitrogens is 2. The van der Waals surface area contributed by atoms with E-state index in [-0.39, 0.29) is 18.3 Å². The average molecular weight is 418 g/mol. The first kappa shape index (κ1) is 20.5. The second-order valence-electron chi connectivity index (χ2n) is 6.02. The van der Waals surface area contributed by atoms with Crippen LogP contribution in [0, 0.1) is 0 Å². The van der Waals surface area contributed by atoms with Crippen molar-refractivity contribution >= 4 is 17.5 Å². The highest BCUT2D eigenvalue weighted by atomic mass is 35.5. The van der Waals surface area contributed by atoms with Crippen LogP contribution in [-0.4, -0.2) is 36.4 Å². The van der Waals surface area contributed by atoms with Crippen molar-refractivity contribution in [2.75, 3.05) is 14.2 Å². The van der Waals surface area contributed by atoms with E-state index in [1.165, 1.54) is 0 Å². The lowest BCUT2D eigenvalue weighted by atomic mass is 10.2. The number of ether oxygens (including phenoxy) is 3. The van der Waals surface area contributed by atoms with E-state index in [2.05, 4.69) is 15.5 Å². The second-order valence-corrected chi connectivity index (χ2v) is 6.45. The molecule has 0 spiro atoms. The van der Waals surface area contributed by atoms with E-state index in [1.54, 1.807) is 63.6 Å². The summed E-state index contributed by atoms with van der Waals surface area (Å²) in [6, 6.07) is 12.1. The van der Waals surface area contributed by atoms with Crippen LogP contribution in [0.25, 0.3) is 11.4 Å². The number of nitrogens with zero attached hydrogens (tertiary/aromatic N) is 2. The maximum atomic E-state index is 12.2. The monoisotopic (exact) mass is 417 g/mol. The fourth-order valence-corrected chi connectivity index (χ4v) is 2.70. The van der Waals surface area contributed by atoms with Crippen molar-refractivity contribution in [2.45, 2.75) is 19.6 Å². The van der Waals surface area contributed by atoms with Gasteiger partial charge in [-0.15, -0.1) is 0 Å². The van der Waals surface area contributed by atoms with Crippen molar-refractivity contribution in [3.63, 3.8) is 0 Å². The largest absolute Gasteiger partial charge is 0.493 e. The Morgan fingerprint density at radius 3 is 2.69 bits per heavy atom. The van der Waals surface area contributed by atoms with Crippen molar-refractivity contribution in [3.8, 4) is 28.6 Å². The van der Waals surface area contributed by atoms with Gasteiger partial charge in [0.15, 0.2) is 17.6 Å². The molecular weight excluding hydrogens is 398 g/mol. The van der Waals surface area contributed by atoms with Crippen molar-refractivity contribution < 1.29 is 23.5 Å². The number of methoxy groups -OCH3 is 2. The Balaban J connectivity index is 1.59. The predicted molar refractivity (Wildman–Crippen MR) is 106 cm³/mol. The van der Waals surface area contributed by atoms with Crippen molar-refractivity contribution in [3.05, 3.63) is 53.4 Å². The topological polar surface area (TPSA) is 95.7 Å². The molecule has 0 unspecified atom stereocenters. The van der Waals surface area contributed by atoms with E-state index in [9.17, 15) is 4.79 Å². The van der Waals surface area contributed by atoms with Gasteiger partial charge in [-0.05, 0) is 43.3 Å². The maximum absolute atomic E-state index is 12.2. The molecule has 0 aliphatic heterocycles. The summed E-state index contributed by atoms with van der Waals surface area (Å²) in [7, 11) is 3.11. The summed E-state index contributed by atoms with van der Waals surface area (Å²) in [5.74, 6) is 1.97. The highest BCUT2D eigenvalue weighted by molar-refractivity contribution is 6.30. The lowest BCUT2D eigenvalue weighted by molar-refractivity contribution is -0.127. The molecule has 152 valence electrons. The third-order valence-electron chi connectivity index (χ3n) is 4.00. The molecule has 1 N–H and O–H groups in total. The van der Waals surface area contributed by atoms with Crippen molar-refractivity contribution in [1.29, 1.82) is 0 Å². The number of rotatable bonds is 8. The lowest BCUT2D eigenvalue weighted by Gasteiger charge is -2.14. The minimum Gasteiger partial charge on any atom is -0.493 e. The first-order chi connectivity index (χ1) is 14.0. The third-order valence-corrected chi connectivity index (χ3v) is 4.24. The van der Waals surface area contributed by atoms with E-state index in [0.29, 0.717) is 33.7 Å². The smallest absolute Gasteiger partial charge is 0.261 e. The van der Waals surface area contributed by atoms with Crippen LogP contribution in [0.3, 0.4) is 0 Å². The molecule has 1 heterocycles. The summed E-state index contributed by atoms with van der Waals surface area (Å²) in [6.07, 6.45) is -0.721. The maximum Gasteiger partial charge on any atom is 0.261 e. The van der Waals surface area contributed by atoms with E-state index in [0.717, 1.165) is 0 Å². The number of hydrogen-bond donors (Lipinski definition) is 1. The van der Waals surface area contributed by atoms with E-state index in [1.807, 2.05) is 0 Å². The van der Waals surface area contributed by atoms with Gasteiger partial charge in [-0.1, -0.05) is 22.8 Å². The minimum absolute atomic E-state index is 0.0718. The van der Waals surface area contributed by atoms with Gasteiger partial charge in [-0.3, -0.25) is 4.79 Å². The molecule has 0 aliphatic rings. The Kier molecular flexibility index (Phi) is 6.56. The van der Waals surface area contributed by atoms with Gasteiger partial charge in [-0.2, -0.15) is 4.98 Å². The third kappa shape index (κ3) is 5.17. The van der Waals surface area contributed by atoms with Crippen molar-refractivity contribution in [2.24, 2.45) is 0 Å². The summed E-state index contributed by atoms with van der Waals surface area (Å²) < 4.78 is 21.3. The van der Waals surface area contributed by atoms with Gasteiger partial charge in [0.2, 0.25) is 11.7 Å². The van der Waals surface area contributed by atoms with Crippen LogP contribution in [0.4, 0.5) is 0 Å². The Morgan fingerprint density at radius 2 is 1.97 bits per heavy atom. The molecule has 0 radical (unpaired) electrons. The van der Waals surface area contributed by atoms with Gasteiger partial charge < -0.3 is 24.1 Å².